The number of H-pyrrole nitrogens is 1. The van der Waals surface area contributed by atoms with Crippen molar-refractivity contribution in [1.82, 2.24) is 19.2 Å². The Labute approximate surface area is 178 Å². The van der Waals surface area contributed by atoms with Gasteiger partial charge in [-0.1, -0.05) is 12.1 Å². The molecule has 31 heavy (non-hydrogen) atoms. The van der Waals surface area contributed by atoms with Gasteiger partial charge in [0.05, 0.1) is 10.5 Å². The lowest BCUT2D eigenvalue weighted by atomic mass is 10.1. The van der Waals surface area contributed by atoms with E-state index in [2.05, 4.69) is 9.97 Å². The molecular formula is C20H19N5O5S. The first-order valence-electron chi connectivity index (χ1n) is 9.50. The molecule has 3 heterocycles. The number of amides is 1. The highest BCUT2D eigenvalue weighted by atomic mass is 32.2. The summed E-state index contributed by atoms with van der Waals surface area (Å²) in [4.78, 5) is 31.7. The molecule has 0 atom stereocenters. The predicted molar refractivity (Wildman–Crippen MR) is 114 cm³/mol. The summed E-state index contributed by atoms with van der Waals surface area (Å²) < 4.78 is 27.4. The van der Waals surface area contributed by atoms with Gasteiger partial charge < -0.3 is 9.88 Å². The van der Waals surface area contributed by atoms with Gasteiger partial charge in [0.1, 0.15) is 10.5 Å². The molecule has 1 aliphatic heterocycles. The Hall–Kier alpha value is -3.57. The number of benzene rings is 1. The van der Waals surface area contributed by atoms with Crippen LogP contribution in [0.4, 0.5) is 5.69 Å². The summed E-state index contributed by atoms with van der Waals surface area (Å²) in [6, 6.07) is 9.51. The van der Waals surface area contributed by atoms with E-state index in [1.807, 2.05) is 0 Å². The maximum Gasteiger partial charge on any atom is 0.276 e. The maximum atomic E-state index is 13.0. The first-order valence-corrected chi connectivity index (χ1v) is 10.9. The minimum atomic E-state index is -3.73. The Bertz CT molecular complexity index is 1280. The predicted octanol–water partition coefficient (Wildman–Crippen LogP) is 2.02. The molecular weight excluding hydrogens is 422 g/mol. The molecule has 4 rings (SSSR count). The van der Waals surface area contributed by atoms with Crippen LogP contribution in [0.25, 0.3) is 17.1 Å². The van der Waals surface area contributed by atoms with Crippen molar-refractivity contribution in [3.8, 4) is 0 Å². The minimum Gasteiger partial charge on any atom is -0.345 e. The zero-order chi connectivity index (χ0) is 22.0. The van der Waals surface area contributed by atoms with Gasteiger partial charge in [-0.15, -0.1) is 0 Å². The van der Waals surface area contributed by atoms with Gasteiger partial charge in [-0.2, -0.15) is 4.31 Å². The number of carbonyl (C=O) groups excluding carboxylic acids is 1. The lowest BCUT2D eigenvalue weighted by Gasteiger charge is -2.33. The number of rotatable bonds is 5. The number of nitro groups is 1. The number of carbonyl (C=O) groups is 1. The summed E-state index contributed by atoms with van der Waals surface area (Å²) in [6.45, 7) is 0.750. The SMILES string of the molecule is O=C(C=Cc1ccccc1[N+](=O)[O-])N1CCN(S(=O)(=O)c2c[nH]c3ncccc23)CC1. The topological polar surface area (TPSA) is 130 Å². The van der Waals surface area contributed by atoms with Crippen molar-refractivity contribution < 1.29 is 18.1 Å². The lowest BCUT2D eigenvalue weighted by Crippen LogP contribution is -2.50. The number of hydrogen-bond acceptors (Lipinski definition) is 6. The van der Waals surface area contributed by atoms with Crippen LogP contribution >= 0.6 is 0 Å². The molecule has 0 bridgehead atoms. The Morgan fingerprint density at radius 3 is 2.61 bits per heavy atom. The summed E-state index contributed by atoms with van der Waals surface area (Å²) in [5, 5.41) is 11.6. The van der Waals surface area contributed by atoms with Crippen LogP contribution in [0.5, 0.6) is 0 Å². The third-order valence-electron chi connectivity index (χ3n) is 5.12. The Morgan fingerprint density at radius 1 is 1.13 bits per heavy atom. The normalized spacial score (nSPS) is 15.5. The van der Waals surface area contributed by atoms with Crippen molar-refractivity contribution in [3.05, 3.63) is 70.5 Å². The van der Waals surface area contributed by atoms with Gasteiger partial charge in [0.15, 0.2) is 0 Å². The van der Waals surface area contributed by atoms with E-state index in [9.17, 15) is 23.3 Å². The Morgan fingerprint density at radius 2 is 1.87 bits per heavy atom. The van der Waals surface area contributed by atoms with Crippen LogP contribution in [-0.2, 0) is 14.8 Å². The average molecular weight is 441 g/mol. The highest BCUT2D eigenvalue weighted by molar-refractivity contribution is 7.89. The molecule has 10 nitrogen and oxygen atoms in total. The summed E-state index contributed by atoms with van der Waals surface area (Å²) in [6.07, 6.45) is 5.69. The number of nitrogens with one attached hydrogen (secondary N) is 1. The van der Waals surface area contributed by atoms with Crippen LogP contribution in [0, 0.1) is 10.1 Å². The number of pyridine rings is 1. The summed E-state index contributed by atoms with van der Waals surface area (Å²) in [5.41, 5.74) is 0.737. The van der Waals surface area contributed by atoms with Crippen LogP contribution in [0.15, 0.2) is 59.8 Å². The Kier molecular flexibility index (Phi) is 5.53. The second kappa shape index (κ2) is 8.28. The van der Waals surface area contributed by atoms with E-state index in [-0.39, 0.29) is 42.7 Å². The third-order valence-corrected chi connectivity index (χ3v) is 7.06. The number of para-hydroxylation sites is 1. The molecule has 0 radical (unpaired) electrons. The summed E-state index contributed by atoms with van der Waals surface area (Å²) >= 11 is 0. The quantitative estimate of drug-likeness (QED) is 0.366. The van der Waals surface area contributed by atoms with Crippen molar-refractivity contribution in [2.24, 2.45) is 0 Å². The number of nitrogens with zero attached hydrogens (tertiary/aromatic N) is 4. The Balaban J connectivity index is 1.44. The van der Waals surface area contributed by atoms with Crippen molar-refractivity contribution in [2.75, 3.05) is 26.2 Å². The fraction of sp³-hybridized carbons (Fsp3) is 0.200. The average Bonchev–Trinajstić information content (AvgIpc) is 3.23. The van der Waals surface area contributed by atoms with E-state index in [1.54, 1.807) is 36.5 Å². The number of fused-ring (bicyclic) bond motifs is 1. The van der Waals surface area contributed by atoms with Gasteiger partial charge in [-0.3, -0.25) is 14.9 Å². The molecule has 2 aromatic heterocycles. The molecule has 1 aliphatic rings. The monoisotopic (exact) mass is 441 g/mol. The molecule has 1 saturated heterocycles. The van der Waals surface area contributed by atoms with E-state index < -0.39 is 14.9 Å². The second-order valence-electron chi connectivity index (χ2n) is 6.93. The molecule has 3 aromatic rings. The van der Waals surface area contributed by atoms with E-state index in [0.29, 0.717) is 16.6 Å². The standard InChI is InChI=1S/C20H19N5O5S/c26-19(8-7-15-4-1-2-6-17(15)25(27)28)23-10-12-24(13-11-23)31(29,30)18-14-22-20-16(18)5-3-9-21-20/h1-9,14H,10-13H2,(H,21,22). The first kappa shape index (κ1) is 20.7. The third kappa shape index (κ3) is 4.05. The van der Waals surface area contributed by atoms with Crippen LogP contribution in [-0.4, -0.2) is 64.6 Å². The first-order chi connectivity index (χ1) is 14.9. The molecule has 0 spiro atoms. The van der Waals surface area contributed by atoms with Crippen molar-refractivity contribution in [1.29, 1.82) is 0 Å². The number of piperazine rings is 1. The molecule has 0 aliphatic carbocycles. The van der Waals surface area contributed by atoms with Gasteiger partial charge in [0.2, 0.25) is 15.9 Å². The largest absolute Gasteiger partial charge is 0.345 e. The molecule has 1 aromatic carbocycles. The van der Waals surface area contributed by atoms with Gasteiger partial charge >= 0.3 is 0 Å². The van der Waals surface area contributed by atoms with Crippen LogP contribution < -0.4 is 0 Å². The minimum absolute atomic E-state index is 0.0873. The zero-order valence-electron chi connectivity index (χ0n) is 16.3. The lowest BCUT2D eigenvalue weighted by molar-refractivity contribution is -0.385. The molecule has 160 valence electrons. The number of nitro benzene ring substituents is 1. The van der Waals surface area contributed by atoms with E-state index in [1.165, 1.54) is 33.6 Å². The van der Waals surface area contributed by atoms with Crippen LogP contribution in [0.2, 0.25) is 0 Å². The summed E-state index contributed by atoms with van der Waals surface area (Å²) in [5.74, 6) is -0.327. The van der Waals surface area contributed by atoms with Gasteiger partial charge in [0, 0.05) is 56.1 Å². The zero-order valence-corrected chi connectivity index (χ0v) is 17.2. The van der Waals surface area contributed by atoms with Crippen molar-refractivity contribution in [3.63, 3.8) is 0 Å². The van der Waals surface area contributed by atoms with Crippen molar-refractivity contribution in [2.45, 2.75) is 4.90 Å². The molecule has 11 heteroatoms. The fourth-order valence-electron chi connectivity index (χ4n) is 3.49. The number of hydrogen-bond donors (Lipinski definition) is 1. The number of aromatic amines is 1. The van der Waals surface area contributed by atoms with E-state index >= 15 is 0 Å². The molecule has 1 N–H and O–H groups in total. The van der Waals surface area contributed by atoms with Gasteiger partial charge in [0.25, 0.3) is 5.69 Å². The van der Waals surface area contributed by atoms with Gasteiger partial charge in [-0.25, -0.2) is 13.4 Å². The van der Waals surface area contributed by atoms with E-state index in [0.717, 1.165) is 0 Å². The molecule has 0 saturated carbocycles. The van der Waals surface area contributed by atoms with Crippen LogP contribution in [0.1, 0.15) is 5.56 Å². The molecule has 1 amide bonds. The van der Waals surface area contributed by atoms with Crippen molar-refractivity contribution >= 4 is 38.7 Å². The highest BCUT2D eigenvalue weighted by Gasteiger charge is 2.31. The number of aromatic nitrogens is 2. The van der Waals surface area contributed by atoms with Crippen LogP contribution in [0.3, 0.4) is 0 Å². The molecule has 0 unspecified atom stereocenters. The van der Waals surface area contributed by atoms with Gasteiger partial charge in [-0.05, 0) is 24.3 Å². The number of sulfonamides is 1. The van der Waals surface area contributed by atoms with E-state index in [4.69, 9.17) is 0 Å². The maximum absolute atomic E-state index is 13.0. The fourth-order valence-corrected chi connectivity index (χ4v) is 5.07. The smallest absolute Gasteiger partial charge is 0.276 e. The summed E-state index contributed by atoms with van der Waals surface area (Å²) in [7, 11) is -3.73. The highest BCUT2D eigenvalue weighted by Crippen LogP contribution is 2.25. The molecule has 1 fully saturated rings. The second-order valence-corrected chi connectivity index (χ2v) is 8.84.